The molecule has 3 aromatic carbocycles. The fraction of sp³-hybridized carbons (Fsp3) is 0.138. The number of carbonyl (C=O) groups is 2. The Morgan fingerprint density at radius 1 is 1.03 bits per heavy atom. The lowest BCUT2D eigenvalue weighted by molar-refractivity contribution is -0.128. The number of benzene rings is 3. The zero-order valence-corrected chi connectivity index (χ0v) is 20.8. The number of amides is 2. The molecule has 182 valence electrons. The highest BCUT2D eigenvalue weighted by atomic mass is 32.1. The van der Waals surface area contributed by atoms with Crippen LogP contribution in [0.2, 0.25) is 0 Å². The summed E-state index contributed by atoms with van der Waals surface area (Å²) < 4.78 is 11.9. The smallest absolute Gasteiger partial charge is 0.265 e. The third kappa shape index (κ3) is 5.06. The highest BCUT2D eigenvalue weighted by Crippen LogP contribution is 2.35. The molecule has 1 N–H and O–H groups in total. The number of methoxy groups -OCH3 is 1. The first-order chi connectivity index (χ1) is 17.5. The highest BCUT2D eigenvalue weighted by Gasteiger charge is 2.32. The van der Waals surface area contributed by atoms with Gasteiger partial charge in [-0.3, -0.25) is 19.8 Å². The van der Waals surface area contributed by atoms with Gasteiger partial charge in [-0.25, -0.2) is 0 Å². The predicted molar refractivity (Wildman–Crippen MR) is 146 cm³/mol. The van der Waals surface area contributed by atoms with Crippen LogP contribution >= 0.6 is 12.2 Å². The standard InChI is InChI=1S/C29H26N2O4S/c1-4-9-21-15-19(16-24-27(32)30-29(36)31(14-5-2)28(24)33)17-25(34-3)26(21)35-18-22-12-8-11-20-10-6-7-13-23(20)22/h4-8,10-13,15-17H,1-2,9,14,18H2,3H3,(H,30,32,36)/b24-16+. The van der Waals surface area contributed by atoms with Crippen molar-refractivity contribution in [2.75, 3.05) is 13.7 Å². The third-order valence-corrected chi connectivity index (χ3v) is 6.12. The van der Waals surface area contributed by atoms with Gasteiger partial charge in [-0.15, -0.1) is 13.2 Å². The Morgan fingerprint density at radius 3 is 2.56 bits per heavy atom. The van der Waals surface area contributed by atoms with E-state index >= 15 is 0 Å². The molecule has 3 aromatic rings. The summed E-state index contributed by atoms with van der Waals surface area (Å²) in [4.78, 5) is 26.8. The molecular weight excluding hydrogens is 472 g/mol. The number of nitrogens with one attached hydrogen (secondary N) is 1. The minimum Gasteiger partial charge on any atom is -0.493 e. The minimum atomic E-state index is -0.550. The van der Waals surface area contributed by atoms with Gasteiger partial charge in [0, 0.05) is 12.1 Å². The topological polar surface area (TPSA) is 67.9 Å². The molecule has 7 heteroatoms. The molecule has 36 heavy (non-hydrogen) atoms. The fourth-order valence-electron chi connectivity index (χ4n) is 4.11. The molecule has 0 spiro atoms. The summed E-state index contributed by atoms with van der Waals surface area (Å²) in [6.07, 6.45) is 5.34. The zero-order chi connectivity index (χ0) is 25.7. The van der Waals surface area contributed by atoms with E-state index < -0.39 is 11.8 Å². The summed E-state index contributed by atoms with van der Waals surface area (Å²) >= 11 is 5.13. The maximum atomic E-state index is 12.9. The van der Waals surface area contributed by atoms with Crippen molar-refractivity contribution in [1.29, 1.82) is 0 Å². The Hall–Kier alpha value is -4.23. The molecule has 0 aromatic heterocycles. The normalized spacial score (nSPS) is 14.6. The van der Waals surface area contributed by atoms with Gasteiger partial charge in [0.05, 0.1) is 7.11 Å². The molecule has 1 aliphatic rings. The Labute approximate surface area is 215 Å². The molecule has 1 aliphatic heterocycles. The van der Waals surface area contributed by atoms with Gasteiger partial charge in [0.15, 0.2) is 16.6 Å². The number of hydrogen-bond acceptors (Lipinski definition) is 5. The number of thiocarbonyl (C=S) groups is 1. The van der Waals surface area contributed by atoms with E-state index in [4.69, 9.17) is 21.7 Å². The second kappa shape index (κ2) is 11.0. The lowest BCUT2D eigenvalue weighted by Gasteiger charge is -2.27. The SMILES string of the molecule is C=CCc1cc(/C=C2\C(=O)NC(=S)N(CC=C)C2=O)cc(OC)c1OCc1cccc2ccccc12. The molecule has 2 amide bonds. The van der Waals surface area contributed by atoms with Crippen LogP contribution in [0.5, 0.6) is 11.5 Å². The average molecular weight is 499 g/mol. The van der Waals surface area contributed by atoms with Crippen molar-refractivity contribution in [3.63, 3.8) is 0 Å². The number of carbonyl (C=O) groups excluding carboxylic acids is 2. The second-order valence-corrected chi connectivity index (χ2v) is 8.54. The maximum absolute atomic E-state index is 12.9. The van der Waals surface area contributed by atoms with Crippen molar-refractivity contribution in [3.05, 3.63) is 102 Å². The fourth-order valence-corrected chi connectivity index (χ4v) is 4.36. The molecule has 1 heterocycles. The van der Waals surface area contributed by atoms with E-state index in [1.54, 1.807) is 25.3 Å². The maximum Gasteiger partial charge on any atom is 0.265 e. The van der Waals surface area contributed by atoms with Crippen LogP contribution in [0.1, 0.15) is 16.7 Å². The molecule has 1 fully saturated rings. The average Bonchev–Trinajstić information content (AvgIpc) is 2.88. The van der Waals surface area contributed by atoms with Gasteiger partial charge in [0.25, 0.3) is 11.8 Å². The summed E-state index contributed by atoms with van der Waals surface area (Å²) in [6, 6.07) is 17.9. The van der Waals surface area contributed by atoms with E-state index in [0.717, 1.165) is 21.9 Å². The molecule has 0 bridgehead atoms. The summed E-state index contributed by atoms with van der Waals surface area (Å²) in [5.74, 6) is 0.0416. The Balaban J connectivity index is 1.69. The van der Waals surface area contributed by atoms with Gasteiger partial charge >= 0.3 is 0 Å². The number of fused-ring (bicyclic) bond motifs is 1. The van der Waals surface area contributed by atoms with Gasteiger partial charge in [-0.05, 0) is 58.7 Å². The van der Waals surface area contributed by atoms with Crippen LogP contribution in [0.25, 0.3) is 16.8 Å². The van der Waals surface area contributed by atoms with Gasteiger partial charge < -0.3 is 9.47 Å². The number of hydrogen-bond donors (Lipinski definition) is 1. The van der Waals surface area contributed by atoms with Gasteiger partial charge in [0.1, 0.15) is 12.2 Å². The van der Waals surface area contributed by atoms with Crippen LogP contribution in [0.4, 0.5) is 0 Å². The third-order valence-electron chi connectivity index (χ3n) is 5.80. The van der Waals surface area contributed by atoms with Crippen LogP contribution in [-0.4, -0.2) is 35.5 Å². The molecule has 4 rings (SSSR count). The predicted octanol–water partition coefficient (Wildman–Crippen LogP) is 4.97. The number of rotatable bonds is 9. The largest absolute Gasteiger partial charge is 0.493 e. The first kappa shape index (κ1) is 24.9. The van der Waals surface area contributed by atoms with Crippen LogP contribution in [0.15, 0.2) is 85.5 Å². The Kier molecular flexibility index (Phi) is 7.61. The van der Waals surface area contributed by atoms with Crippen molar-refractivity contribution < 1.29 is 19.1 Å². The second-order valence-electron chi connectivity index (χ2n) is 8.15. The molecule has 0 aliphatic carbocycles. The van der Waals surface area contributed by atoms with E-state index in [1.165, 1.54) is 11.0 Å². The number of nitrogens with zero attached hydrogens (tertiary/aromatic N) is 1. The van der Waals surface area contributed by atoms with Crippen LogP contribution in [-0.2, 0) is 22.6 Å². The first-order valence-corrected chi connectivity index (χ1v) is 11.8. The van der Waals surface area contributed by atoms with Crippen LogP contribution in [0, 0.1) is 0 Å². The Morgan fingerprint density at radius 2 is 1.81 bits per heavy atom. The van der Waals surface area contributed by atoms with Crippen molar-refractivity contribution >= 4 is 46.0 Å². The molecule has 6 nitrogen and oxygen atoms in total. The van der Waals surface area contributed by atoms with Crippen molar-refractivity contribution in [1.82, 2.24) is 10.2 Å². The van der Waals surface area contributed by atoms with E-state index in [2.05, 4.69) is 36.7 Å². The van der Waals surface area contributed by atoms with Gasteiger partial charge in [0.2, 0.25) is 0 Å². The van der Waals surface area contributed by atoms with Crippen LogP contribution < -0.4 is 14.8 Å². The van der Waals surface area contributed by atoms with E-state index in [0.29, 0.717) is 30.1 Å². The Bertz CT molecular complexity index is 1400. The molecule has 0 saturated carbocycles. The molecular formula is C29H26N2O4S. The number of ether oxygens (including phenoxy) is 2. The van der Waals surface area contributed by atoms with Crippen molar-refractivity contribution in [2.24, 2.45) is 0 Å². The monoisotopic (exact) mass is 498 g/mol. The van der Waals surface area contributed by atoms with E-state index in [-0.39, 0.29) is 17.2 Å². The van der Waals surface area contributed by atoms with E-state index in [9.17, 15) is 9.59 Å². The summed E-state index contributed by atoms with van der Waals surface area (Å²) in [6.45, 7) is 8.05. The molecule has 0 radical (unpaired) electrons. The quantitative estimate of drug-likeness (QED) is 0.195. The lowest BCUT2D eigenvalue weighted by Crippen LogP contribution is -2.53. The van der Waals surface area contributed by atoms with Crippen molar-refractivity contribution in [3.8, 4) is 11.5 Å². The first-order valence-electron chi connectivity index (χ1n) is 11.4. The highest BCUT2D eigenvalue weighted by molar-refractivity contribution is 7.80. The molecule has 1 saturated heterocycles. The lowest BCUT2D eigenvalue weighted by atomic mass is 10.0. The van der Waals surface area contributed by atoms with Gasteiger partial charge in [-0.1, -0.05) is 54.6 Å². The minimum absolute atomic E-state index is 0.0264. The molecule has 0 unspecified atom stereocenters. The number of allylic oxidation sites excluding steroid dienone is 1. The van der Waals surface area contributed by atoms with E-state index in [1.807, 2.05) is 30.3 Å². The van der Waals surface area contributed by atoms with Crippen LogP contribution in [0.3, 0.4) is 0 Å². The van der Waals surface area contributed by atoms with Crippen molar-refractivity contribution in [2.45, 2.75) is 13.0 Å². The summed E-state index contributed by atoms with van der Waals surface area (Å²) in [7, 11) is 1.55. The summed E-state index contributed by atoms with van der Waals surface area (Å²) in [5, 5.41) is 4.87. The summed E-state index contributed by atoms with van der Waals surface area (Å²) in [5.41, 5.74) is 2.46. The zero-order valence-electron chi connectivity index (χ0n) is 20.0. The molecule has 0 atom stereocenters. The van der Waals surface area contributed by atoms with Gasteiger partial charge in [-0.2, -0.15) is 0 Å².